The number of nitrogens with zero attached hydrogens (tertiary/aromatic N) is 1. The van der Waals surface area contributed by atoms with Crippen LogP contribution < -0.4 is 5.43 Å². The van der Waals surface area contributed by atoms with Gasteiger partial charge >= 0.3 is 0 Å². The van der Waals surface area contributed by atoms with Gasteiger partial charge in [0.15, 0.2) is 6.10 Å². The molecule has 0 aromatic heterocycles. The number of rotatable bonds is 4. The first-order chi connectivity index (χ1) is 10.5. The van der Waals surface area contributed by atoms with Crippen LogP contribution in [0.15, 0.2) is 47.6 Å². The summed E-state index contributed by atoms with van der Waals surface area (Å²) in [6.45, 7) is 1.68. The Morgan fingerprint density at radius 2 is 1.91 bits per heavy atom. The van der Waals surface area contributed by atoms with E-state index in [0.29, 0.717) is 16.7 Å². The van der Waals surface area contributed by atoms with Crippen LogP contribution in [-0.4, -0.2) is 27.4 Å². The van der Waals surface area contributed by atoms with Crippen molar-refractivity contribution in [3.8, 4) is 11.5 Å². The number of hydrazone groups is 1. The van der Waals surface area contributed by atoms with Crippen molar-refractivity contribution < 1.29 is 20.1 Å². The highest BCUT2D eigenvalue weighted by atomic mass is 16.3. The second kappa shape index (κ2) is 6.73. The second-order valence-electron chi connectivity index (χ2n) is 4.74. The number of carbonyl (C=O) groups excluding carboxylic acids is 1. The Hall–Kier alpha value is -2.86. The predicted molar refractivity (Wildman–Crippen MR) is 81.6 cm³/mol. The van der Waals surface area contributed by atoms with Crippen LogP contribution >= 0.6 is 0 Å². The summed E-state index contributed by atoms with van der Waals surface area (Å²) in [6.07, 6.45) is -0.0763. The number of aryl methyl sites for hydroxylation is 1. The summed E-state index contributed by atoms with van der Waals surface area (Å²) >= 11 is 0. The SMILES string of the molecule is Cc1cc(O)cc(O)c1/C=N\NC(=O)[C@@H](O)c1ccccc1. The Balaban J connectivity index is 2.05. The minimum atomic E-state index is -1.33. The number of phenols is 2. The molecule has 0 aliphatic rings. The van der Waals surface area contributed by atoms with E-state index in [1.165, 1.54) is 18.3 Å². The van der Waals surface area contributed by atoms with Gasteiger partial charge in [-0.1, -0.05) is 30.3 Å². The van der Waals surface area contributed by atoms with E-state index in [1.54, 1.807) is 37.3 Å². The molecule has 0 aliphatic carbocycles. The topological polar surface area (TPSA) is 102 Å². The van der Waals surface area contributed by atoms with Gasteiger partial charge in [0, 0.05) is 11.6 Å². The molecular weight excluding hydrogens is 284 g/mol. The van der Waals surface area contributed by atoms with Gasteiger partial charge in [-0.15, -0.1) is 0 Å². The predicted octanol–water partition coefficient (Wildman–Crippen LogP) is 1.59. The third-order valence-electron chi connectivity index (χ3n) is 3.08. The van der Waals surface area contributed by atoms with Crippen molar-refractivity contribution in [1.29, 1.82) is 0 Å². The second-order valence-corrected chi connectivity index (χ2v) is 4.74. The van der Waals surface area contributed by atoms with Crippen molar-refractivity contribution in [2.45, 2.75) is 13.0 Å². The van der Waals surface area contributed by atoms with Gasteiger partial charge in [-0.25, -0.2) is 5.43 Å². The maximum Gasteiger partial charge on any atom is 0.273 e. The molecule has 2 aromatic rings. The van der Waals surface area contributed by atoms with Crippen LogP contribution in [0, 0.1) is 6.92 Å². The number of carbonyl (C=O) groups is 1. The molecule has 0 heterocycles. The summed E-state index contributed by atoms with van der Waals surface area (Å²) in [7, 11) is 0. The Kier molecular flexibility index (Phi) is 4.75. The van der Waals surface area contributed by atoms with Crippen LogP contribution in [0.4, 0.5) is 0 Å². The molecule has 0 saturated heterocycles. The Morgan fingerprint density at radius 3 is 2.55 bits per heavy atom. The quantitative estimate of drug-likeness (QED) is 0.508. The summed E-state index contributed by atoms with van der Waals surface area (Å²) in [5, 5.41) is 32.6. The summed E-state index contributed by atoms with van der Waals surface area (Å²) in [5.74, 6) is -0.895. The van der Waals surface area contributed by atoms with Gasteiger partial charge in [0.05, 0.1) is 6.21 Å². The first kappa shape index (κ1) is 15.5. The van der Waals surface area contributed by atoms with Crippen molar-refractivity contribution in [2.75, 3.05) is 0 Å². The van der Waals surface area contributed by atoms with E-state index in [-0.39, 0.29) is 11.5 Å². The summed E-state index contributed by atoms with van der Waals surface area (Å²) in [4.78, 5) is 11.8. The van der Waals surface area contributed by atoms with Crippen molar-refractivity contribution in [3.05, 3.63) is 59.2 Å². The van der Waals surface area contributed by atoms with E-state index >= 15 is 0 Å². The van der Waals surface area contributed by atoms with Crippen molar-refractivity contribution in [3.63, 3.8) is 0 Å². The number of hydrogen-bond acceptors (Lipinski definition) is 5. The molecule has 0 aliphatic heterocycles. The highest BCUT2D eigenvalue weighted by Crippen LogP contribution is 2.25. The van der Waals surface area contributed by atoms with Crippen LogP contribution in [-0.2, 0) is 4.79 Å². The van der Waals surface area contributed by atoms with E-state index in [1.807, 2.05) is 0 Å². The molecule has 2 rings (SSSR count). The highest BCUT2D eigenvalue weighted by Gasteiger charge is 2.16. The highest BCUT2D eigenvalue weighted by molar-refractivity contribution is 5.88. The number of nitrogens with one attached hydrogen (secondary N) is 1. The Labute approximate surface area is 127 Å². The summed E-state index contributed by atoms with van der Waals surface area (Å²) in [6, 6.07) is 11.1. The molecule has 0 bridgehead atoms. The van der Waals surface area contributed by atoms with Crippen LogP contribution in [0.3, 0.4) is 0 Å². The lowest BCUT2D eigenvalue weighted by Crippen LogP contribution is -2.25. The fraction of sp³-hybridized carbons (Fsp3) is 0.125. The molecule has 0 saturated carbocycles. The molecule has 4 N–H and O–H groups in total. The summed E-state index contributed by atoms with van der Waals surface area (Å²) < 4.78 is 0. The number of amides is 1. The standard InChI is InChI=1S/C16H16N2O4/c1-10-7-12(19)8-14(20)13(10)9-17-18-16(22)15(21)11-5-3-2-4-6-11/h2-9,15,19-21H,1H3,(H,18,22)/b17-9-/t15-/m0/s1. The Bertz CT molecular complexity index is 676. The number of aliphatic hydroxyl groups is 1. The molecule has 2 aromatic carbocycles. The number of aliphatic hydroxyl groups excluding tert-OH is 1. The van der Waals surface area contributed by atoms with Gasteiger partial charge in [0.25, 0.3) is 5.91 Å². The van der Waals surface area contributed by atoms with Gasteiger partial charge in [-0.3, -0.25) is 4.79 Å². The molecule has 114 valence electrons. The molecule has 1 atom stereocenters. The average molecular weight is 300 g/mol. The Morgan fingerprint density at radius 1 is 1.23 bits per heavy atom. The molecule has 1 amide bonds. The van der Waals surface area contributed by atoms with Crippen LogP contribution in [0.25, 0.3) is 0 Å². The normalized spacial score (nSPS) is 12.3. The fourth-order valence-corrected chi connectivity index (χ4v) is 1.94. The average Bonchev–Trinajstić information content (AvgIpc) is 2.49. The monoisotopic (exact) mass is 300 g/mol. The zero-order chi connectivity index (χ0) is 16.1. The first-order valence-electron chi connectivity index (χ1n) is 6.57. The maximum absolute atomic E-state index is 11.8. The lowest BCUT2D eigenvalue weighted by molar-refractivity contribution is -0.129. The lowest BCUT2D eigenvalue weighted by atomic mass is 10.1. The molecule has 0 radical (unpaired) electrons. The molecule has 0 spiro atoms. The van der Waals surface area contributed by atoms with E-state index < -0.39 is 12.0 Å². The zero-order valence-electron chi connectivity index (χ0n) is 11.9. The summed E-state index contributed by atoms with van der Waals surface area (Å²) in [5.41, 5.74) is 3.63. The number of aromatic hydroxyl groups is 2. The van der Waals surface area contributed by atoms with Gasteiger partial charge in [-0.05, 0) is 24.1 Å². The molecule has 0 fully saturated rings. The third kappa shape index (κ3) is 3.62. The minimum Gasteiger partial charge on any atom is -0.508 e. The third-order valence-corrected chi connectivity index (χ3v) is 3.08. The largest absolute Gasteiger partial charge is 0.508 e. The smallest absolute Gasteiger partial charge is 0.273 e. The van der Waals surface area contributed by atoms with E-state index in [4.69, 9.17) is 0 Å². The van der Waals surface area contributed by atoms with Crippen molar-refractivity contribution >= 4 is 12.1 Å². The van der Waals surface area contributed by atoms with Gasteiger partial charge in [0.2, 0.25) is 0 Å². The first-order valence-corrected chi connectivity index (χ1v) is 6.57. The van der Waals surface area contributed by atoms with Gasteiger partial charge < -0.3 is 15.3 Å². The number of hydrogen-bond donors (Lipinski definition) is 4. The molecule has 6 nitrogen and oxygen atoms in total. The van der Waals surface area contributed by atoms with Gasteiger partial charge in [0.1, 0.15) is 11.5 Å². The molecule has 22 heavy (non-hydrogen) atoms. The lowest BCUT2D eigenvalue weighted by Gasteiger charge is -2.09. The van der Waals surface area contributed by atoms with Gasteiger partial charge in [-0.2, -0.15) is 5.10 Å². The molecule has 0 unspecified atom stereocenters. The fourth-order valence-electron chi connectivity index (χ4n) is 1.94. The van der Waals surface area contributed by atoms with E-state index in [0.717, 1.165) is 0 Å². The molecule has 6 heteroatoms. The van der Waals surface area contributed by atoms with Crippen molar-refractivity contribution in [1.82, 2.24) is 5.43 Å². The van der Waals surface area contributed by atoms with E-state index in [2.05, 4.69) is 10.5 Å². The van der Waals surface area contributed by atoms with E-state index in [9.17, 15) is 20.1 Å². The molecular formula is C16H16N2O4. The zero-order valence-corrected chi connectivity index (χ0v) is 11.9. The maximum atomic E-state index is 11.8. The van der Waals surface area contributed by atoms with Crippen LogP contribution in [0.5, 0.6) is 11.5 Å². The number of phenolic OH excluding ortho intramolecular Hbond substituents is 2. The van der Waals surface area contributed by atoms with Crippen LogP contribution in [0.2, 0.25) is 0 Å². The minimum absolute atomic E-state index is 0.0596. The number of benzene rings is 2. The van der Waals surface area contributed by atoms with Crippen molar-refractivity contribution in [2.24, 2.45) is 5.10 Å². The van der Waals surface area contributed by atoms with Crippen LogP contribution in [0.1, 0.15) is 22.8 Å².